The van der Waals surface area contributed by atoms with E-state index in [0.29, 0.717) is 11.1 Å². The number of carbonyl (C=O) groups is 3. The molecule has 0 radical (unpaired) electrons. The Labute approximate surface area is 164 Å². The molecule has 10 heteroatoms. The maximum atomic E-state index is 12.9. The van der Waals surface area contributed by atoms with Crippen LogP contribution in [0.5, 0.6) is 5.75 Å². The molecule has 3 heterocycles. The van der Waals surface area contributed by atoms with Crippen LogP contribution in [0.15, 0.2) is 36.4 Å². The van der Waals surface area contributed by atoms with E-state index in [0.717, 1.165) is 4.90 Å². The Morgan fingerprint density at radius 3 is 2.17 bits per heavy atom. The maximum absolute atomic E-state index is 12.9. The van der Waals surface area contributed by atoms with Crippen molar-refractivity contribution < 1.29 is 24.0 Å². The molecule has 0 unspecified atom stereocenters. The van der Waals surface area contributed by atoms with Crippen molar-refractivity contribution in [2.45, 2.75) is 19.4 Å². The molecule has 10 nitrogen and oxygen atoms in total. The Morgan fingerprint density at radius 1 is 1.00 bits per heavy atom. The number of hydrogen-bond acceptors (Lipinski definition) is 7. The fourth-order valence-electron chi connectivity index (χ4n) is 3.39. The highest BCUT2D eigenvalue weighted by atomic mass is 16.6. The van der Waals surface area contributed by atoms with Crippen LogP contribution in [0.1, 0.15) is 34.6 Å². The predicted molar refractivity (Wildman–Crippen MR) is 99.8 cm³/mol. The molecule has 0 aliphatic carbocycles. The standard InChI is InChI=1S/C19H16N4O6/c1-19(2)18(26)21(15-13(29-19)7-8-14(20-15)23(27)28)9-10-22-16(24)11-5-3-4-6-12(11)17(22)25/h3-8H,9-10H2,1-2H3. The van der Waals surface area contributed by atoms with E-state index in [1.165, 1.54) is 17.0 Å². The van der Waals surface area contributed by atoms with Gasteiger partial charge in [-0.1, -0.05) is 12.1 Å². The summed E-state index contributed by atoms with van der Waals surface area (Å²) in [5, 5.41) is 11.1. The van der Waals surface area contributed by atoms with Gasteiger partial charge in [0.25, 0.3) is 23.5 Å². The van der Waals surface area contributed by atoms with Crippen LogP contribution in [0.25, 0.3) is 0 Å². The Morgan fingerprint density at radius 2 is 1.59 bits per heavy atom. The van der Waals surface area contributed by atoms with Crippen molar-refractivity contribution in [3.63, 3.8) is 0 Å². The number of rotatable bonds is 4. The molecule has 0 N–H and O–H groups in total. The summed E-state index contributed by atoms with van der Waals surface area (Å²) in [6.07, 6.45) is 0. The highest BCUT2D eigenvalue weighted by Gasteiger charge is 2.45. The molecule has 4 rings (SSSR count). The van der Waals surface area contributed by atoms with Gasteiger partial charge in [-0.15, -0.1) is 0 Å². The number of nitrogens with zero attached hydrogens (tertiary/aromatic N) is 4. The fraction of sp³-hybridized carbons (Fsp3) is 0.263. The first-order valence-electron chi connectivity index (χ1n) is 8.82. The second-order valence-corrected chi connectivity index (χ2v) is 7.12. The van der Waals surface area contributed by atoms with Gasteiger partial charge >= 0.3 is 5.82 Å². The van der Waals surface area contributed by atoms with Gasteiger partial charge in [0.15, 0.2) is 11.4 Å². The smallest absolute Gasteiger partial charge is 0.366 e. The largest absolute Gasteiger partial charge is 0.472 e. The van der Waals surface area contributed by atoms with Crippen LogP contribution in [0, 0.1) is 10.1 Å². The lowest BCUT2D eigenvalue weighted by atomic mass is 10.1. The average molecular weight is 396 g/mol. The lowest BCUT2D eigenvalue weighted by molar-refractivity contribution is -0.389. The normalized spacial score (nSPS) is 17.1. The minimum absolute atomic E-state index is 0.0138. The van der Waals surface area contributed by atoms with Gasteiger partial charge < -0.3 is 14.9 Å². The van der Waals surface area contributed by atoms with Gasteiger partial charge in [-0.2, -0.15) is 0 Å². The van der Waals surface area contributed by atoms with E-state index in [1.54, 1.807) is 38.1 Å². The zero-order valence-electron chi connectivity index (χ0n) is 15.6. The lowest BCUT2D eigenvalue weighted by Crippen LogP contribution is -2.54. The molecule has 0 saturated heterocycles. The van der Waals surface area contributed by atoms with E-state index in [-0.39, 0.29) is 24.7 Å². The van der Waals surface area contributed by atoms with Crippen molar-refractivity contribution in [1.29, 1.82) is 0 Å². The summed E-state index contributed by atoms with van der Waals surface area (Å²) in [5.41, 5.74) is -0.618. The maximum Gasteiger partial charge on any atom is 0.366 e. The number of nitro groups is 1. The van der Waals surface area contributed by atoms with Crippen LogP contribution in [-0.2, 0) is 4.79 Å². The molecule has 3 amide bonds. The number of aromatic nitrogens is 1. The quantitative estimate of drug-likeness (QED) is 0.438. The van der Waals surface area contributed by atoms with Gasteiger partial charge in [0, 0.05) is 19.2 Å². The van der Waals surface area contributed by atoms with E-state index in [1.807, 2.05) is 0 Å². The van der Waals surface area contributed by atoms with Gasteiger partial charge in [0.2, 0.25) is 0 Å². The number of hydrogen-bond donors (Lipinski definition) is 0. The summed E-state index contributed by atoms with van der Waals surface area (Å²) in [6.45, 7) is 2.97. The van der Waals surface area contributed by atoms with Gasteiger partial charge in [-0.05, 0) is 42.0 Å². The second kappa shape index (κ2) is 6.36. The zero-order chi connectivity index (χ0) is 20.9. The molecule has 0 atom stereocenters. The molecule has 0 saturated carbocycles. The molecule has 29 heavy (non-hydrogen) atoms. The van der Waals surface area contributed by atoms with Gasteiger partial charge in [0.1, 0.15) is 0 Å². The summed E-state index contributed by atoms with van der Waals surface area (Å²) in [5.74, 6) is -1.61. The molecule has 148 valence electrons. The average Bonchev–Trinajstić information content (AvgIpc) is 2.92. The van der Waals surface area contributed by atoms with Crippen LogP contribution >= 0.6 is 0 Å². The molecule has 0 fully saturated rings. The molecule has 0 spiro atoms. The lowest BCUT2D eigenvalue weighted by Gasteiger charge is -2.36. The topological polar surface area (TPSA) is 123 Å². The van der Waals surface area contributed by atoms with Crippen LogP contribution < -0.4 is 9.64 Å². The van der Waals surface area contributed by atoms with Gasteiger partial charge in [-0.3, -0.25) is 24.2 Å². The van der Waals surface area contributed by atoms with E-state index in [2.05, 4.69) is 4.98 Å². The highest BCUT2D eigenvalue weighted by Crippen LogP contribution is 2.37. The van der Waals surface area contributed by atoms with Crippen LogP contribution in [0.4, 0.5) is 11.6 Å². The van der Waals surface area contributed by atoms with Crippen LogP contribution in [0.2, 0.25) is 0 Å². The minimum atomic E-state index is -1.23. The molecule has 2 aliphatic rings. The van der Waals surface area contributed by atoms with Crippen LogP contribution in [0.3, 0.4) is 0 Å². The van der Waals surface area contributed by atoms with Crippen molar-refractivity contribution in [1.82, 2.24) is 9.88 Å². The second-order valence-electron chi connectivity index (χ2n) is 7.12. The van der Waals surface area contributed by atoms with Gasteiger partial charge in [-0.25, -0.2) is 0 Å². The third-order valence-electron chi connectivity index (χ3n) is 4.82. The first-order valence-corrected chi connectivity index (χ1v) is 8.82. The van der Waals surface area contributed by atoms with Crippen molar-refractivity contribution >= 4 is 29.4 Å². The third-order valence-corrected chi connectivity index (χ3v) is 4.82. The molecule has 1 aromatic carbocycles. The number of amides is 3. The Balaban J connectivity index is 1.64. The molecule has 0 bridgehead atoms. The van der Waals surface area contributed by atoms with E-state index >= 15 is 0 Å². The summed E-state index contributed by atoms with van der Waals surface area (Å²) >= 11 is 0. The van der Waals surface area contributed by atoms with Crippen molar-refractivity contribution in [2.24, 2.45) is 0 Å². The molecule has 1 aromatic heterocycles. The summed E-state index contributed by atoms with van der Waals surface area (Å²) in [4.78, 5) is 54.6. The summed E-state index contributed by atoms with van der Waals surface area (Å²) < 4.78 is 5.64. The van der Waals surface area contributed by atoms with E-state index < -0.39 is 34.1 Å². The minimum Gasteiger partial charge on any atom is -0.472 e. The van der Waals surface area contributed by atoms with E-state index in [4.69, 9.17) is 4.74 Å². The number of fused-ring (bicyclic) bond motifs is 2. The molecule has 2 aromatic rings. The zero-order valence-corrected chi connectivity index (χ0v) is 15.6. The molecule has 2 aliphatic heterocycles. The monoisotopic (exact) mass is 396 g/mol. The predicted octanol–water partition coefficient (Wildman–Crippen LogP) is 1.79. The Kier molecular flexibility index (Phi) is 4.07. The Hall–Kier alpha value is -3.82. The SMILES string of the molecule is CC1(C)Oc2ccc([N+](=O)[O-])nc2N(CCN2C(=O)c3ccccc3C2=O)C1=O. The summed E-state index contributed by atoms with van der Waals surface area (Å²) in [6, 6.07) is 9.04. The molecular weight excluding hydrogens is 380 g/mol. The molecular formula is C19H16N4O6. The van der Waals surface area contributed by atoms with Crippen LogP contribution in [-0.4, -0.2) is 51.2 Å². The summed E-state index contributed by atoms with van der Waals surface area (Å²) in [7, 11) is 0. The Bertz CT molecular complexity index is 1050. The number of ether oxygens (including phenoxy) is 1. The number of imide groups is 1. The number of carbonyl (C=O) groups excluding carboxylic acids is 3. The van der Waals surface area contributed by atoms with E-state index in [9.17, 15) is 24.5 Å². The highest BCUT2D eigenvalue weighted by molar-refractivity contribution is 6.21. The van der Waals surface area contributed by atoms with Crippen molar-refractivity contribution in [2.75, 3.05) is 18.0 Å². The number of benzene rings is 1. The first-order chi connectivity index (χ1) is 13.7. The van der Waals surface area contributed by atoms with Gasteiger partial charge in [0.05, 0.1) is 11.1 Å². The first kappa shape index (κ1) is 18.5. The number of pyridine rings is 1. The van der Waals surface area contributed by atoms with Crippen molar-refractivity contribution in [3.05, 3.63) is 57.6 Å². The van der Waals surface area contributed by atoms with Crippen molar-refractivity contribution in [3.8, 4) is 5.75 Å². The third kappa shape index (κ3) is 2.89. The number of anilines is 1. The fourth-order valence-corrected chi connectivity index (χ4v) is 3.39.